The van der Waals surface area contributed by atoms with Crippen LogP contribution >= 0.6 is 23.8 Å². The number of quaternary nitrogens is 1. The predicted octanol–water partition coefficient (Wildman–Crippen LogP) is 5.35. The van der Waals surface area contributed by atoms with Crippen LogP contribution in [0.4, 0.5) is 43.5 Å². The summed E-state index contributed by atoms with van der Waals surface area (Å²) in [5.41, 5.74) is -2.84. The molecule has 2 N–H and O–H groups in total. The molecule has 16 heteroatoms. The molecule has 0 radical (unpaired) electrons. The van der Waals surface area contributed by atoms with Crippen molar-refractivity contribution in [3.63, 3.8) is 0 Å². The molecule has 1 aliphatic carbocycles. The van der Waals surface area contributed by atoms with Gasteiger partial charge in [0.1, 0.15) is 22.1 Å². The van der Waals surface area contributed by atoms with Crippen LogP contribution in [0.5, 0.6) is 0 Å². The highest BCUT2D eigenvalue weighted by Gasteiger charge is 2.39. The minimum Gasteiger partial charge on any atom is -0.371 e. The van der Waals surface area contributed by atoms with Gasteiger partial charge in [-0.25, -0.2) is 4.98 Å². The number of rotatable bonds is 7. The van der Waals surface area contributed by atoms with Crippen molar-refractivity contribution in [2.75, 3.05) is 37.7 Å². The SMILES string of the molecule is O=[N+]([O-])c1ccc([NH2+]C2CCC(OCC(=S)N3CCN(c4ncc(C(F)(F)F)cc4Cl)CC3)CC2)cc1C(F)(F)F. The van der Waals surface area contributed by atoms with E-state index in [1.54, 1.807) is 5.32 Å². The number of nitrogens with two attached hydrogens (primary N) is 1. The van der Waals surface area contributed by atoms with E-state index in [2.05, 4.69) is 4.98 Å². The van der Waals surface area contributed by atoms with Crippen molar-refractivity contribution < 1.29 is 41.3 Å². The minimum atomic E-state index is -4.82. The number of ether oxygens (including phenoxy) is 1. The highest BCUT2D eigenvalue weighted by Crippen LogP contribution is 2.37. The number of nitrogens with zero attached hydrogens (tertiary/aromatic N) is 4. The van der Waals surface area contributed by atoms with E-state index in [0.29, 0.717) is 68.4 Å². The molecule has 1 aromatic carbocycles. The molecule has 4 rings (SSSR count). The van der Waals surface area contributed by atoms with Crippen molar-refractivity contribution in [1.29, 1.82) is 0 Å². The number of aromatic nitrogens is 1. The summed E-state index contributed by atoms with van der Waals surface area (Å²) in [4.78, 5) is 18.2. The van der Waals surface area contributed by atoms with Crippen LogP contribution in [-0.2, 0) is 17.1 Å². The smallest absolute Gasteiger partial charge is 0.371 e. The maximum Gasteiger partial charge on any atom is 0.423 e. The molecular weight excluding hydrogens is 600 g/mol. The second-order valence-electron chi connectivity index (χ2n) is 9.94. The van der Waals surface area contributed by atoms with Gasteiger partial charge < -0.3 is 19.9 Å². The lowest BCUT2D eigenvalue weighted by molar-refractivity contribution is -0.615. The van der Waals surface area contributed by atoms with Crippen molar-refractivity contribution >= 4 is 46.0 Å². The van der Waals surface area contributed by atoms with Gasteiger partial charge in [-0.15, -0.1) is 0 Å². The van der Waals surface area contributed by atoms with Crippen LogP contribution in [-0.4, -0.2) is 64.7 Å². The van der Waals surface area contributed by atoms with Gasteiger partial charge in [0.25, 0.3) is 5.69 Å². The molecule has 0 unspecified atom stereocenters. The van der Waals surface area contributed by atoms with E-state index >= 15 is 0 Å². The Balaban J connectivity index is 1.21. The molecule has 2 fully saturated rings. The first-order valence-electron chi connectivity index (χ1n) is 12.8. The molecule has 0 amide bonds. The van der Waals surface area contributed by atoms with E-state index < -0.39 is 34.1 Å². The summed E-state index contributed by atoms with van der Waals surface area (Å²) in [5, 5.41) is 12.6. The van der Waals surface area contributed by atoms with Gasteiger partial charge in [0.15, 0.2) is 0 Å². The number of thiocarbonyl (C=S) groups is 1. The maximum absolute atomic E-state index is 13.3. The lowest BCUT2D eigenvalue weighted by atomic mass is 9.92. The monoisotopic (exact) mass is 626 g/mol. The van der Waals surface area contributed by atoms with Gasteiger partial charge in [0, 0.05) is 63.4 Å². The zero-order valence-electron chi connectivity index (χ0n) is 21.6. The Hall–Kier alpha value is -2.75. The van der Waals surface area contributed by atoms with E-state index in [1.807, 2.05) is 9.80 Å². The lowest BCUT2D eigenvalue weighted by Crippen LogP contribution is -2.85. The topological polar surface area (TPSA) is 88.3 Å². The van der Waals surface area contributed by atoms with Crippen molar-refractivity contribution in [3.05, 3.63) is 56.7 Å². The summed E-state index contributed by atoms with van der Waals surface area (Å²) in [6.45, 7) is 2.22. The molecule has 2 aliphatic rings. The molecule has 1 aromatic heterocycles. The van der Waals surface area contributed by atoms with E-state index in [-0.39, 0.29) is 23.8 Å². The van der Waals surface area contributed by atoms with Crippen LogP contribution in [0, 0.1) is 10.1 Å². The van der Waals surface area contributed by atoms with Crippen LogP contribution in [0.25, 0.3) is 0 Å². The number of nitro groups is 1. The molecule has 0 atom stereocenters. The number of nitro benzene ring substituents is 1. The minimum absolute atomic E-state index is 0.0167. The molecule has 1 saturated carbocycles. The number of pyridine rings is 1. The van der Waals surface area contributed by atoms with E-state index in [0.717, 1.165) is 24.4 Å². The first-order chi connectivity index (χ1) is 19.2. The largest absolute Gasteiger partial charge is 0.423 e. The van der Waals surface area contributed by atoms with Crippen LogP contribution in [0.3, 0.4) is 0 Å². The van der Waals surface area contributed by atoms with Crippen molar-refractivity contribution in [3.8, 4) is 0 Å². The molecule has 8 nitrogen and oxygen atoms in total. The Morgan fingerprint density at radius 3 is 2.29 bits per heavy atom. The summed E-state index contributed by atoms with van der Waals surface area (Å²) in [6.07, 6.45) is -5.88. The summed E-state index contributed by atoms with van der Waals surface area (Å²) in [7, 11) is 0. The second kappa shape index (κ2) is 12.6. The van der Waals surface area contributed by atoms with Gasteiger partial charge in [-0.3, -0.25) is 10.1 Å². The maximum atomic E-state index is 13.3. The quantitative estimate of drug-likeness (QED) is 0.146. The van der Waals surface area contributed by atoms with Crippen LogP contribution in [0.2, 0.25) is 5.02 Å². The number of benzene rings is 1. The molecule has 0 bridgehead atoms. The van der Waals surface area contributed by atoms with E-state index in [1.165, 1.54) is 6.07 Å². The van der Waals surface area contributed by atoms with Crippen molar-refractivity contribution in [1.82, 2.24) is 9.88 Å². The Bertz CT molecular complexity index is 1270. The third kappa shape index (κ3) is 7.96. The van der Waals surface area contributed by atoms with Crippen LogP contribution < -0.4 is 10.2 Å². The summed E-state index contributed by atoms with van der Waals surface area (Å²) < 4.78 is 84.5. The van der Waals surface area contributed by atoms with Crippen LogP contribution in [0.1, 0.15) is 36.8 Å². The van der Waals surface area contributed by atoms with Gasteiger partial charge in [-0.1, -0.05) is 23.8 Å². The Morgan fingerprint density at radius 2 is 1.73 bits per heavy atom. The van der Waals surface area contributed by atoms with Crippen molar-refractivity contribution in [2.24, 2.45) is 0 Å². The van der Waals surface area contributed by atoms with Gasteiger partial charge in [-0.05, 0) is 18.9 Å². The number of hydrogen-bond acceptors (Lipinski definition) is 6. The summed E-state index contributed by atoms with van der Waals surface area (Å²) >= 11 is 11.6. The fourth-order valence-electron chi connectivity index (χ4n) is 5.00. The molecule has 0 spiro atoms. The first-order valence-corrected chi connectivity index (χ1v) is 13.6. The van der Waals surface area contributed by atoms with Crippen molar-refractivity contribution in [2.45, 2.75) is 50.2 Å². The lowest BCUT2D eigenvalue weighted by Gasteiger charge is -2.37. The number of anilines is 1. The summed E-state index contributed by atoms with van der Waals surface area (Å²) in [5.74, 6) is 0.290. The number of piperazine rings is 1. The van der Waals surface area contributed by atoms with Gasteiger partial charge in [-0.2, -0.15) is 26.3 Å². The molecule has 2 heterocycles. The average Bonchev–Trinajstić information content (AvgIpc) is 2.91. The molecule has 1 aliphatic heterocycles. The fourth-order valence-corrected chi connectivity index (χ4v) is 5.54. The summed E-state index contributed by atoms with van der Waals surface area (Å²) in [6, 6.07) is 3.92. The van der Waals surface area contributed by atoms with Gasteiger partial charge in [0.2, 0.25) is 0 Å². The number of alkyl halides is 6. The molecule has 224 valence electrons. The fraction of sp³-hybridized carbons (Fsp3) is 0.520. The Morgan fingerprint density at radius 1 is 1.07 bits per heavy atom. The van der Waals surface area contributed by atoms with Crippen LogP contribution in [0.15, 0.2) is 30.5 Å². The third-order valence-corrected chi connectivity index (χ3v) is 7.85. The zero-order valence-corrected chi connectivity index (χ0v) is 23.1. The normalized spacial score (nSPS) is 20.3. The molecule has 41 heavy (non-hydrogen) atoms. The predicted molar refractivity (Wildman–Crippen MR) is 142 cm³/mol. The molecule has 1 saturated heterocycles. The molecular formula is C25H27ClF6N5O3S+. The van der Waals surface area contributed by atoms with Gasteiger partial charge in [0.05, 0.1) is 34.3 Å². The van der Waals surface area contributed by atoms with E-state index in [4.69, 9.17) is 28.6 Å². The van der Waals surface area contributed by atoms with E-state index in [9.17, 15) is 36.5 Å². The highest BCUT2D eigenvalue weighted by molar-refractivity contribution is 7.80. The first kappa shape index (κ1) is 31.2. The molecule has 2 aromatic rings. The highest BCUT2D eigenvalue weighted by atomic mass is 35.5. The Labute approximate surface area is 241 Å². The zero-order chi connectivity index (χ0) is 29.9. The number of halogens is 7. The Kier molecular flexibility index (Phi) is 9.61. The standard InChI is InChI=1S/C25H26ClF6N5O3S/c26-20-11-15(24(27,28)29)13-33-23(20)36-9-7-35(8-10-36)22(41)14-40-18-4-1-16(2-5-18)34-17-3-6-21(37(38)39)19(12-17)25(30,31)32/h3,6,11-13,16,18,34H,1-2,4-5,7-10,14H2/p+1. The van der Waals surface area contributed by atoms with Gasteiger partial charge >= 0.3 is 12.4 Å². The third-order valence-electron chi connectivity index (χ3n) is 7.19. The number of hydrogen-bond donors (Lipinski definition) is 1. The second-order valence-corrected chi connectivity index (χ2v) is 10.8. The average molecular weight is 627 g/mol.